The summed E-state index contributed by atoms with van der Waals surface area (Å²) in [5, 5.41) is 0. The van der Waals surface area contributed by atoms with Crippen molar-refractivity contribution in [3.8, 4) is 5.75 Å². The molecule has 1 saturated carbocycles. The summed E-state index contributed by atoms with van der Waals surface area (Å²) in [5.74, 6) is 1.06. The lowest BCUT2D eigenvalue weighted by atomic mass is 9.80. The zero-order valence-electron chi connectivity index (χ0n) is 11.2. The highest BCUT2D eigenvalue weighted by molar-refractivity contribution is 9.10. The van der Waals surface area contributed by atoms with E-state index in [0.29, 0.717) is 6.54 Å². The monoisotopic (exact) mass is 326 g/mol. The van der Waals surface area contributed by atoms with E-state index in [0.717, 1.165) is 28.6 Å². The molecule has 1 fully saturated rings. The summed E-state index contributed by atoms with van der Waals surface area (Å²) < 4.78 is 6.30. The summed E-state index contributed by atoms with van der Waals surface area (Å²) in [7, 11) is 3.46. The topological polar surface area (TPSA) is 55.6 Å². The molecular formula is C14H19BrN2O2. The van der Waals surface area contributed by atoms with Crippen molar-refractivity contribution in [2.75, 3.05) is 14.2 Å². The number of carbonyl (C=O) groups excluding carboxylic acids is 1. The number of benzene rings is 1. The van der Waals surface area contributed by atoms with Crippen LogP contribution in [0, 0.1) is 5.92 Å². The highest BCUT2D eigenvalue weighted by Gasteiger charge is 2.33. The average molecular weight is 327 g/mol. The molecule has 5 heteroatoms. The number of carbonyl (C=O) groups is 1. The second-order valence-electron chi connectivity index (χ2n) is 5.08. The smallest absolute Gasteiger partial charge is 0.225 e. The van der Waals surface area contributed by atoms with Crippen LogP contribution in [0.15, 0.2) is 22.7 Å². The zero-order chi connectivity index (χ0) is 14.0. The number of halogens is 1. The van der Waals surface area contributed by atoms with Crippen molar-refractivity contribution in [2.45, 2.75) is 25.4 Å². The summed E-state index contributed by atoms with van der Waals surface area (Å²) >= 11 is 3.44. The fraction of sp³-hybridized carbons (Fsp3) is 0.500. The van der Waals surface area contributed by atoms with E-state index in [1.807, 2.05) is 25.2 Å². The molecule has 1 aromatic rings. The van der Waals surface area contributed by atoms with Gasteiger partial charge in [0.1, 0.15) is 5.75 Å². The molecule has 1 aliphatic carbocycles. The van der Waals surface area contributed by atoms with Crippen LogP contribution in [0.5, 0.6) is 5.75 Å². The maximum Gasteiger partial charge on any atom is 0.225 e. The van der Waals surface area contributed by atoms with Crippen molar-refractivity contribution in [2.24, 2.45) is 11.7 Å². The van der Waals surface area contributed by atoms with Gasteiger partial charge in [0.15, 0.2) is 0 Å². The Hall–Kier alpha value is -1.07. The Morgan fingerprint density at radius 1 is 1.53 bits per heavy atom. The van der Waals surface area contributed by atoms with Crippen LogP contribution >= 0.6 is 15.9 Å². The quantitative estimate of drug-likeness (QED) is 0.922. The second kappa shape index (κ2) is 5.92. The highest BCUT2D eigenvalue weighted by Crippen LogP contribution is 2.29. The molecule has 0 radical (unpaired) electrons. The largest absolute Gasteiger partial charge is 0.496 e. The molecule has 104 valence electrons. The third kappa shape index (κ3) is 3.28. The minimum absolute atomic E-state index is 0.0955. The van der Waals surface area contributed by atoms with E-state index in [4.69, 9.17) is 10.5 Å². The van der Waals surface area contributed by atoms with Gasteiger partial charge in [-0.05, 0) is 31.0 Å². The Bertz CT molecular complexity index is 473. The lowest BCUT2D eigenvalue weighted by Gasteiger charge is -2.34. The minimum atomic E-state index is 0.0955. The van der Waals surface area contributed by atoms with E-state index in [-0.39, 0.29) is 17.9 Å². The van der Waals surface area contributed by atoms with Crippen LogP contribution in [0.25, 0.3) is 0 Å². The Morgan fingerprint density at radius 2 is 2.21 bits per heavy atom. The Morgan fingerprint density at radius 3 is 2.79 bits per heavy atom. The van der Waals surface area contributed by atoms with E-state index in [9.17, 15) is 4.79 Å². The molecular weight excluding hydrogens is 308 g/mol. The van der Waals surface area contributed by atoms with Crippen molar-refractivity contribution in [3.63, 3.8) is 0 Å². The van der Waals surface area contributed by atoms with Gasteiger partial charge < -0.3 is 15.4 Å². The molecule has 2 rings (SSSR count). The molecule has 4 nitrogen and oxygen atoms in total. The lowest BCUT2D eigenvalue weighted by Crippen LogP contribution is -2.45. The number of hydrogen-bond donors (Lipinski definition) is 1. The number of rotatable bonds is 4. The summed E-state index contributed by atoms with van der Waals surface area (Å²) in [6.07, 6.45) is 1.61. The zero-order valence-corrected chi connectivity index (χ0v) is 12.8. The van der Waals surface area contributed by atoms with Gasteiger partial charge in [0.25, 0.3) is 0 Å². The fourth-order valence-electron chi connectivity index (χ4n) is 2.38. The molecule has 1 amide bonds. The van der Waals surface area contributed by atoms with Crippen molar-refractivity contribution in [3.05, 3.63) is 28.2 Å². The van der Waals surface area contributed by atoms with E-state index in [2.05, 4.69) is 15.9 Å². The van der Waals surface area contributed by atoms with Crippen molar-refractivity contribution in [1.29, 1.82) is 0 Å². The van der Waals surface area contributed by atoms with Gasteiger partial charge in [0.05, 0.1) is 7.11 Å². The van der Waals surface area contributed by atoms with Crippen LogP contribution in [0.2, 0.25) is 0 Å². The first kappa shape index (κ1) is 14.3. The van der Waals surface area contributed by atoms with Gasteiger partial charge >= 0.3 is 0 Å². The predicted molar refractivity (Wildman–Crippen MR) is 77.9 cm³/mol. The third-order valence-electron chi connectivity index (χ3n) is 3.55. The SMILES string of the molecule is COc1ccc(Br)cc1CN(C)C(=O)C1CC(N)C1. The Balaban J connectivity index is 2.03. The van der Waals surface area contributed by atoms with Crippen LogP contribution in [0.3, 0.4) is 0 Å². The highest BCUT2D eigenvalue weighted by atomic mass is 79.9. The molecule has 0 atom stereocenters. The molecule has 0 saturated heterocycles. The molecule has 0 aromatic heterocycles. The van der Waals surface area contributed by atoms with Crippen LogP contribution in [0.1, 0.15) is 18.4 Å². The molecule has 0 aliphatic heterocycles. The number of methoxy groups -OCH3 is 1. The minimum Gasteiger partial charge on any atom is -0.496 e. The number of nitrogens with two attached hydrogens (primary N) is 1. The maximum atomic E-state index is 12.2. The van der Waals surface area contributed by atoms with E-state index in [1.165, 1.54) is 0 Å². The van der Waals surface area contributed by atoms with Gasteiger partial charge in [-0.1, -0.05) is 15.9 Å². The molecule has 0 heterocycles. The average Bonchev–Trinajstić information content (AvgIpc) is 2.34. The van der Waals surface area contributed by atoms with E-state index in [1.54, 1.807) is 12.0 Å². The second-order valence-corrected chi connectivity index (χ2v) is 5.99. The molecule has 1 aromatic carbocycles. The van der Waals surface area contributed by atoms with Gasteiger partial charge in [0.2, 0.25) is 5.91 Å². The summed E-state index contributed by atoms with van der Waals surface area (Å²) in [6, 6.07) is 6.00. The van der Waals surface area contributed by atoms with Crippen LogP contribution in [-0.4, -0.2) is 31.0 Å². The maximum absolute atomic E-state index is 12.2. The van der Waals surface area contributed by atoms with Crippen molar-refractivity contribution in [1.82, 2.24) is 4.90 Å². The van der Waals surface area contributed by atoms with Gasteiger partial charge in [0, 0.05) is 35.6 Å². The normalized spacial score (nSPS) is 21.7. The molecule has 0 spiro atoms. The first-order valence-corrected chi connectivity index (χ1v) is 7.13. The van der Waals surface area contributed by atoms with Crippen molar-refractivity contribution >= 4 is 21.8 Å². The van der Waals surface area contributed by atoms with Gasteiger partial charge in [-0.3, -0.25) is 4.79 Å². The molecule has 0 bridgehead atoms. The Kier molecular flexibility index (Phi) is 4.47. The first-order valence-electron chi connectivity index (χ1n) is 6.34. The predicted octanol–water partition coefficient (Wildman–Crippen LogP) is 2.15. The molecule has 0 unspecified atom stereocenters. The van der Waals surface area contributed by atoms with Gasteiger partial charge in [-0.25, -0.2) is 0 Å². The number of hydrogen-bond acceptors (Lipinski definition) is 3. The number of ether oxygens (including phenoxy) is 1. The summed E-state index contributed by atoms with van der Waals surface area (Å²) in [5.41, 5.74) is 6.72. The number of amides is 1. The van der Waals surface area contributed by atoms with Crippen LogP contribution < -0.4 is 10.5 Å². The van der Waals surface area contributed by atoms with Crippen LogP contribution in [-0.2, 0) is 11.3 Å². The van der Waals surface area contributed by atoms with E-state index >= 15 is 0 Å². The summed E-state index contributed by atoms with van der Waals surface area (Å²) in [6.45, 7) is 0.549. The summed E-state index contributed by atoms with van der Waals surface area (Å²) in [4.78, 5) is 13.9. The fourth-order valence-corrected chi connectivity index (χ4v) is 2.79. The first-order chi connectivity index (χ1) is 9.01. The molecule has 1 aliphatic rings. The van der Waals surface area contributed by atoms with Crippen LogP contribution in [0.4, 0.5) is 0 Å². The Labute approximate surface area is 122 Å². The third-order valence-corrected chi connectivity index (χ3v) is 4.04. The molecule has 19 heavy (non-hydrogen) atoms. The van der Waals surface area contributed by atoms with E-state index < -0.39 is 0 Å². The number of nitrogens with zero attached hydrogens (tertiary/aromatic N) is 1. The standard InChI is InChI=1S/C14H19BrN2O2/c1-17(14(18)9-6-12(16)7-9)8-10-5-11(15)3-4-13(10)19-2/h3-5,9,12H,6-8,16H2,1-2H3. The van der Waals surface area contributed by atoms with Crippen molar-refractivity contribution < 1.29 is 9.53 Å². The lowest BCUT2D eigenvalue weighted by molar-refractivity contribution is -0.137. The van der Waals surface area contributed by atoms with Gasteiger partial charge in [-0.15, -0.1) is 0 Å². The molecule has 2 N–H and O–H groups in total. The van der Waals surface area contributed by atoms with Gasteiger partial charge in [-0.2, -0.15) is 0 Å².